The molecule has 0 aliphatic heterocycles. The van der Waals surface area contributed by atoms with Gasteiger partial charge >= 0.3 is 0 Å². The van der Waals surface area contributed by atoms with Crippen molar-refractivity contribution < 1.29 is 9.13 Å². The van der Waals surface area contributed by atoms with Gasteiger partial charge in [0.15, 0.2) is 0 Å². The van der Waals surface area contributed by atoms with Crippen LogP contribution < -0.4 is 5.73 Å². The zero-order valence-corrected chi connectivity index (χ0v) is 10.5. The van der Waals surface area contributed by atoms with Crippen LogP contribution in [0.25, 0.3) is 0 Å². The summed E-state index contributed by atoms with van der Waals surface area (Å²) in [5.74, 6) is 0.850. The summed E-state index contributed by atoms with van der Waals surface area (Å²) in [7, 11) is -1.11. The summed E-state index contributed by atoms with van der Waals surface area (Å²) in [6, 6.07) is 6.39. The van der Waals surface area contributed by atoms with Gasteiger partial charge in [-0.15, -0.1) is 0 Å². The smallest absolute Gasteiger partial charge is 0.273 e. The van der Waals surface area contributed by atoms with Crippen molar-refractivity contribution >= 4 is 16.5 Å². The Bertz CT molecular complexity index is 423. The van der Waals surface area contributed by atoms with Crippen molar-refractivity contribution in [1.29, 1.82) is 0 Å². The van der Waals surface area contributed by atoms with E-state index in [1.165, 1.54) is 6.07 Å². The predicted octanol–water partition coefficient (Wildman–Crippen LogP) is 1.44. The number of hydrogen-bond acceptors (Lipinski definition) is 4. The zero-order chi connectivity index (χ0) is 12.8. The Kier molecular flexibility index (Phi) is 5.24. The Morgan fingerprint density at radius 1 is 1.47 bits per heavy atom. The molecular weight excluding hydrogens is 240 g/mol. The lowest BCUT2D eigenvalue weighted by atomic mass is 10.2. The van der Waals surface area contributed by atoms with E-state index in [1.54, 1.807) is 18.2 Å². The van der Waals surface area contributed by atoms with E-state index in [9.17, 15) is 14.3 Å². The van der Waals surface area contributed by atoms with E-state index < -0.39 is 15.7 Å². The first-order chi connectivity index (χ1) is 8.04. The summed E-state index contributed by atoms with van der Waals surface area (Å²) >= 11 is 0. The van der Waals surface area contributed by atoms with E-state index in [4.69, 9.17) is 5.73 Å². The second-order valence-corrected chi connectivity index (χ2v) is 5.48. The van der Waals surface area contributed by atoms with Crippen LogP contribution in [0.2, 0.25) is 0 Å². The number of nitro benzene ring substituents is 1. The van der Waals surface area contributed by atoms with Gasteiger partial charge in [0.2, 0.25) is 0 Å². The van der Waals surface area contributed by atoms with E-state index in [1.807, 2.05) is 6.92 Å². The third-order valence-corrected chi connectivity index (χ3v) is 3.95. The normalized spacial score (nSPS) is 14.2. The number of hydrogen-bond donors (Lipinski definition) is 1. The van der Waals surface area contributed by atoms with Gasteiger partial charge in [-0.25, -0.2) is 0 Å². The fraction of sp³-hybridized carbons (Fsp3) is 0.455. The van der Waals surface area contributed by atoms with Gasteiger partial charge < -0.3 is 5.73 Å². The Balaban J connectivity index is 2.74. The molecule has 0 fully saturated rings. The summed E-state index contributed by atoms with van der Waals surface area (Å²) in [4.78, 5) is 10.3. The number of para-hydroxylation sites is 1. The van der Waals surface area contributed by atoms with Crippen LogP contribution in [0.15, 0.2) is 24.3 Å². The molecule has 94 valence electrons. The predicted molar refractivity (Wildman–Crippen MR) is 68.0 cm³/mol. The second-order valence-electron chi connectivity index (χ2n) is 3.98. The average molecular weight is 256 g/mol. The number of nitrogens with two attached hydrogens (primary N) is 1. The standard InChI is InChI=1S/C11H16N2O3S/c1-9(6-12)7-17(16)8-10-4-2-3-5-11(10)13(14)15/h2-5,9H,6-8,12H2,1H3. The highest BCUT2D eigenvalue weighted by molar-refractivity contribution is 7.84. The third kappa shape index (κ3) is 4.24. The molecule has 0 spiro atoms. The third-order valence-electron chi connectivity index (χ3n) is 2.38. The van der Waals surface area contributed by atoms with Gasteiger partial charge in [-0.05, 0) is 12.5 Å². The number of benzene rings is 1. The number of nitro groups is 1. The van der Waals surface area contributed by atoms with Crippen molar-refractivity contribution in [2.45, 2.75) is 12.7 Å². The van der Waals surface area contributed by atoms with E-state index in [0.29, 0.717) is 17.9 Å². The Morgan fingerprint density at radius 3 is 2.71 bits per heavy atom. The zero-order valence-electron chi connectivity index (χ0n) is 9.67. The van der Waals surface area contributed by atoms with Gasteiger partial charge in [0.25, 0.3) is 5.69 Å². The van der Waals surface area contributed by atoms with Crippen molar-refractivity contribution in [2.24, 2.45) is 11.7 Å². The first-order valence-corrected chi connectivity index (χ1v) is 6.80. The second kappa shape index (κ2) is 6.46. The highest BCUT2D eigenvalue weighted by Crippen LogP contribution is 2.19. The van der Waals surface area contributed by atoms with Gasteiger partial charge in [-0.2, -0.15) is 0 Å². The van der Waals surface area contributed by atoms with E-state index in [0.717, 1.165) is 0 Å². The summed E-state index contributed by atoms with van der Waals surface area (Å²) < 4.78 is 11.8. The fourth-order valence-electron chi connectivity index (χ4n) is 1.43. The van der Waals surface area contributed by atoms with Crippen LogP contribution in [0.1, 0.15) is 12.5 Å². The molecule has 0 aromatic heterocycles. The summed E-state index contributed by atoms with van der Waals surface area (Å²) in [6.45, 7) is 2.39. The molecule has 0 amide bonds. The monoisotopic (exact) mass is 256 g/mol. The molecule has 1 rings (SSSR count). The van der Waals surface area contributed by atoms with Crippen LogP contribution >= 0.6 is 0 Å². The lowest BCUT2D eigenvalue weighted by Gasteiger charge is -2.08. The minimum Gasteiger partial charge on any atom is -0.330 e. The average Bonchev–Trinajstić information content (AvgIpc) is 2.29. The van der Waals surface area contributed by atoms with Crippen LogP contribution in [-0.4, -0.2) is 21.4 Å². The maximum atomic E-state index is 11.8. The van der Waals surface area contributed by atoms with Crippen LogP contribution in [-0.2, 0) is 16.6 Å². The summed E-state index contributed by atoms with van der Waals surface area (Å²) in [5, 5.41) is 10.8. The quantitative estimate of drug-likeness (QED) is 0.616. The van der Waals surface area contributed by atoms with Gasteiger partial charge in [0, 0.05) is 28.2 Å². The first-order valence-electron chi connectivity index (χ1n) is 5.32. The van der Waals surface area contributed by atoms with Gasteiger partial charge in [-0.3, -0.25) is 14.3 Å². The number of rotatable bonds is 6. The lowest BCUT2D eigenvalue weighted by Crippen LogP contribution is -2.18. The molecule has 0 saturated heterocycles. The van der Waals surface area contributed by atoms with Crippen molar-refractivity contribution in [3.05, 3.63) is 39.9 Å². The molecule has 2 N–H and O–H groups in total. The maximum absolute atomic E-state index is 11.8. The fourth-order valence-corrected chi connectivity index (χ4v) is 2.91. The lowest BCUT2D eigenvalue weighted by molar-refractivity contribution is -0.385. The van der Waals surface area contributed by atoms with Crippen LogP contribution in [0, 0.1) is 16.0 Å². The number of nitrogens with zero attached hydrogens (tertiary/aromatic N) is 1. The molecule has 0 heterocycles. The summed E-state index contributed by atoms with van der Waals surface area (Å²) in [5.41, 5.74) is 5.99. The van der Waals surface area contributed by atoms with Crippen LogP contribution in [0.5, 0.6) is 0 Å². The van der Waals surface area contributed by atoms with Gasteiger partial charge in [0.1, 0.15) is 0 Å². The molecule has 0 bridgehead atoms. The Morgan fingerprint density at radius 2 is 2.12 bits per heavy atom. The van der Waals surface area contributed by atoms with Crippen LogP contribution in [0.4, 0.5) is 5.69 Å². The molecular formula is C11H16N2O3S. The highest BCUT2D eigenvalue weighted by atomic mass is 32.2. The molecule has 6 heteroatoms. The Labute approximate surface area is 103 Å². The first kappa shape index (κ1) is 13.8. The van der Waals surface area contributed by atoms with Crippen molar-refractivity contribution in [3.63, 3.8) is 0 Å². The molecule has 0 aliphatic carbocycles. The molecule has 2 atom stereocenters. The molecule has 0 radical (unpaired) electrons. The molecule has 0 saturated carbocycles. The minimum atomic E-state index is -1.11. The molecule has 5 nitrogen and oxygen atoms in total. The van der Waals surface area contributed by atoms with Crippen molar-refractivity contribution in [2.75, 3.05) is 12.3 Å². The molecule has 0 aliphatic rings. The van der Waals surface area contributed by atoms with Gasteiger partial charge in [-0.1, -0.05) is 25.1 Å². The van der Waals surface area contributed by atoms with E-state index in [-0.39, 0.29) is 17.4 Å². The summed E-state index contributed by atoms with van der Waals surface area (Å²) in [6.07, 6.45) is 0. The van der Waals surface area contributed by atoms with Crippen LogP contribution in [0.3, 0.4) is 0 Å². The van der Waals surface area contributed by atoms with E-state index in [2.05, 4.69) is 0 Å². The molecule has 2 unspecified atom stereocenters. The van der Waals surface area contributed by atoms with Gasteiger partial charge in [0.05, 0.1) is 10.7 Å². The van der Waals surface area contributed by atoms with Crippen molar-refractivity contribution in [3.8, 4) is 0 Å². The molecule has 17 heavy (non-hydrogen) atoms. The largest absolute Gasteiger partial charge is 0.330 e. The Hall–Kier alpha value is -1.27. The molecule has 1 aromatic rings. The highest BCUT2D eigenvalue weighted by Gasteiger charge is 2.15. The topological polar surface area (TPSA) is 86.2 Å². The van der Waals surface area contributed by atoms with Crippen molar-refractivity contribution in [1.82, 2.24) is 0 Å². The molecule has 1 aromatic carbocycles. The van der Waals surface area contributed by atoms with E-state index >= 15 is 0 Å². The SMILES string of the molecule is CC(CN)CS(=O)Cc1ccccc1[N+](=O)[O-]. The maximum Gasteiger partial charge on any atom is 0.273 e. The minimum absolute atomic E-state index is 0.0289.